The van der Waals surface area contributed by atoms with Gasteiger partial charge in [0.2, 0.25) is 0 Å². The first-order valence-corrected chi connectivity index (χ1v) is 15.4. The Morgan fingerprint density at radius 1 is 0.400 bits per heavy atom. The molecule has 9 aromatic rings. The van der Waals surface area contributed by atoms with Crippen LogP contribution in [0.25, 0.3) is 94.1 Å². The SMILES string of the molecule is c1ccc(-c2nc(-c3ccccc3-n3c4cccc5c4c4c(cccc43)-c3cccc4cccc-5c34)nc3ccccc23)cc1. The maximum atomic E-state index is 5.27. The van der Waals surface area contributed by atoms with Gasteiger partial charge in [-0.3, -0.25) is 0 Å². The van der Waals surface area contributed by atoms with Gasteiger partial charge in [0.25, 0.3) is 0 Å². The first kappa shape index (κ1) is 24.4. The average molecular weight is 572 g/mol. The molecule has 0 radical (unpaired) electrons. The summed E-state index contributed by atoms with van der Waals surface area (Å²) in [6, 6.07) is 54.1. The van der Waals surface area contributed by atoms with Crippen molar-refractivity contribution in [3.8, 4) is 50.6 Å². The molecule has 0 atom stereocenters. The highest BCUT2D eigenvalue weighted by Crippen LogP contribution is 2.49. The highest BCUT2D eigenvalue weighted by molar-refractivity contribution is 6.27. The fourth-order valence-electron chi connectivity index (χ4n) is 7.48. The molecule has 1 aliphatic carbocycles. The lowest BCUT2D eigenvalue weighted by Gasteiger charge is -2.16. The summed E-state index contributed by atoms with van der Waals surface area (Å²) in [7, 11) is 0. The van der Waals surface area contributed by atoms with Gasteiger partial charge in [-0.2, -0.15) is 0 Å². The van der Waals surface area contributed by atoms with E-state index < -0.39 is 0 Å². The van der Waals surface area contributed by atoms with E-state index in [1.807, 2.05) is 12.1 Å². The van der Waals surface area contributed by atoms with Crippen molar-refractivity contribution >= 4 is 43.5 Å². The molecule has 0 aliphatic heterocycles. The number of rotatable bonds is 3. The first-order valence-electron chi connectivity index (χ1n) is 15.4. The molecule has 2 aromatic heterocycles. The summed E-state index contributed by atoms with van der Waals surface area (Å²) < 4.78 is 2.42. The lowest BCUT2D eigenvalue weighted by atomic mass is 9.93. The number of hydrogen-bond donors (Lipinski definition) is 0. The molecule has 45 heavy (non-hydrogen) atoms. The van der Waals surface area contributed by atoms with E-state index in [2.05, 4.69) is 144 Å². The Bertz CT molecular complexity index is 2550. The second kappa shape index (κ2) is 9.22. The molecule has 208 valence electrons. The molecular weight excluding hydrogens is 546 g/mol. The Morgan fingerprint density at radius 2 is 0.956 bits per heavy atom. The number of para-hydroxylation sites is 2. The third kappa shape index (κ3) is 3.41. The Balaban J connectivity index is 1.31. The zero-order valence-corrected chi connectivity index (χ0v) is 24.3. The van der Waals surface area contributed by atoms with Gasteiger partial charge >= 0.3 is 0 Å². The van der Waals surface area contributed by atoms with E-state index in [4.69, 9.17) is 9.97 Å². The largest absolute Gasteiger partial charge is 0.308 e. The molecule has 2 heterocycles. The zero-order chi connectivity index (χ0) is 29.5. The van der Waals surface area contributed by atoms with Crippen LogP contribution in [0.4, 0.5) is 0 Å². The van der Waals surface area contributed by atoms with Crippen molar-refractivity contribution in [2.75, 3.05) is 0 Å². The molecule has 0 unspecified atom stereocenters. The van der Waals surface area contributed by atoms with Gasteiger partial charge in [-0.1, -0.05) is 121 Å². The topological polar surface area (TPSA) is 30.7 Å². The first-order chi connectivity index (χ1) is 22.3. The molecule has 0 saturated heterocycles. The number of aromatic nitrogens is 3. The van der Waals surface area contributed by atoms with Gasteiger partial charge in [-0.25, -0.2) is 9.97 Å². The highest BCUT2D eigenvalue weighted by atomic mass is 15.0. The van der Waals surface area contributed by atoms with Crippen molar-refractivity contribution in [2.24, 2.45) is 0 Å². The van der Waals surface area contributed by atoms with Gasteiger partial charge in [-0.05, 0) is 63.4 Å². The van der Waals surface area contributed by atoms with Crippen LogP contribution in [-0.2, 0) is 0 Å². The third-order valence-corrected chi connectivity index (χ3v) is 9.34. The molecule has 3 heteroatoms. The minimum atomic E-state index is 0.715. The van der Waals surface area contributed by atoms with Gasteiger partial charge in [0.1, 0.15) is 0 Å². The zero-order valence-electron chi connectivity index (χ0n) is 24.3. The summed E-state index contributed by atoms with van der Waals surface area (Å²) in [6.45, 7) is 0. The molecule has 10 rings (SSSR count). The fraction of sp³-hybridized carbons (Fsp3) is 0. The predicted octanol–water partition coefficient (Wildman–Crippen LogP) is 10.9. The van der Waals surface area contributed by atoms with Gasteiger partial charge in [0.05, 0.1) is 27.9 Å². The van der Waals surface area contributed by atoms with Crippen LogP contribution < -0.4 is 0 Å². The molecule has 0 spiro atoms. The highest BCUT2D eigenvalue weighted by Gasteiger charge is 2.25. The van der Waals surface area contributed by atoms with Crippen LogP contribution in [0.15, 0.2) is 152 Å². The van der Waals surface area contributed by atoms with Gasteiger partial charge < -0.3 is 4.57 Å². The molecule has 0 saturated carbocycles. The van der Waals surface area contributed by atoms with Crippen LogP contribution in [0, 0.1) is 0 Å². The molecule has 3 nitrogen and oxygen atoms in total. The molecular formula is C42H25N3. The monoisotopic (exact) mass is 571 g/mol. The van der Waals surface area contributed by atoms with E-state index >= 15 is 0 Å². The second-order valence-electron chi connectivity index (χ2n) is 11.7. The van der Waals surface area contributed by atoms with Crippen LogP contribution >= 0.6 is 0 Å². The lowest BCUT2D eigenvalue weighted by molar-refractivity contribution is 1.15. The van der Waals surface area contributed by atoms with Gasteiger partial charge in [-0.15, -0.1) is 0 Å². The quantitative estimate of drug-likeness (QED) is 0.211. The van der Waals surface area contributed by atoms with Crippen LogP contribution in [0.3, 0.4) is 0 Å². The summed E-state index contributed by atoms with van der Waals surface area (Å²) in [5, 5.41) is 6.20. The van der Waals surface area contributed by atoms with Crippen molar-refractivity contribution in [1.82, 2.24) is 14.5 Å². The Kier molecular flexibility index (Phi) is 5.00. The van der Waals surface area contributed by atoms with Crippen molar-refractivity contribution in [1.29, 1.82) is 0 Å². The van der Waals surface area contributed by atoms with Crippen molar-refractivity contribution in [3.05, 3.63) is 152 Å². The van der Waals surface area contributed by atoms with E-state index in [9.17, 15) is 0 Å². The van der Waals surface area contributed by atoms with Crippen LogP contribution in [0.2, 0.25) is 0 Å². The molecule has 1 aliphatic rings. The summed E-state index contributed by atoms with van der Waals surface area (Å²) >= 11 is 0. The van der Waals surface area contributed by atoms with E-state index in [1.54, 1.807) is 0 Å². The third-order valence-electron chi connectivity index (χ3n) is 9.34. The summed E-state index contributed by atoms with van der Waals surface area (Å²) in [6.07, 6.45) is 0. The summed E-state index contributed by atoms with van der Waals surface area (Å²) in [4.78, 5) is 10.4. The number of hydrogen-bond acceptors (Lipinski definition) is 2. The Labute approximate surface area is 259 Å². The minimum Gasteiger partial charge on any atom is -0.308 e. The van der Waals surface area contributed by atoms with Crippen molar-refractivity contribution in [2.45, 2.75) is 0 Å². The number of benzene rings is 7. The van der Waals surface area contributed by atoms with E-state index in [0.717, 1.165) is 33.4 Å². The second-order valence-corrected chi connectivity index (χ2v) is 11.7. The van der Waals surface area contributed by atoms with Gasteiger partial charge in [0, 0.05) is 27.3 Å². The summed E-state index contributed by atoms with van der Waals surface area (Å²) in [5.74, 6) is 0.715. The summed E-state index contributed by atoms with van der Waals surface area (Å²) in [5.41, 5.74) is 12.5. The molecule has 0 bridgehead atoms. The normalized spacial score (nSPS) is 12.0. The maximum absolute atomic E-state index is 5.27. The minimum absolute atomic E-state index is 0.715. The van der Waals surface area contributed by atoms with Crippen LogP contribution in [-0.4, -0.2) is 14.5 Å². The fourth-order valence-corrected chi connectivity index (χ4v) is 7.48. The molecule has 0 fully saturated rings. The maximum Gasteiger partial charge on any atom is 0.162 e. The molecule has 0 amide bonds. The van der Waals surface area contributed by atoms with Gasteiger partial charge in [0.15, 0.2) is 5.82 Å². The molecule has 0 N–H and O–H groups in total. The molecule has 7 aromatic carbocycles. The van der Waals surface area contributed by atoms with Crippen LogP contribution in [0.5, 0.6) is 0 Å². The predicted molar refractivity (Wildman–Crippen MR) is 187 cm³/mol. The lowest BCUT2D eigenvalue weighted by Crippen LogP contribution is -2.01. The van der Waals surface area contributed by atoms with E-state index in [0.29, 0.717) is 5.82 Å². The van der Waals surface area contributed by atoms with E-state index in [1.165, 1.54) is 54.8 Å². The Morgan fingerprint density at radius 3 is 1.67 bits per heavy atom. The number of nitrogens with zero attached hydrogens (tertiary/aromatic N) is 3. The average Bonchev–Trinajstić information content (AvgIpc) is 3.39. The van der Waals surface area contributed by atoms with Crippen molar-refractivity contribution < 1.29 is 0 Å². The van der Waals surface area contributed by atoms with E-state index in [-0.39, 0.29) is 0 Å². The Hall–Kier alpha value is -6.06. The standard InChI is InChI=1S/C42H25N3/c1-2-12-27(13-3-1)41-32-16-4-6-22-34(32)43-42(44-41)33-17-5-7-23-35(33)45-36-24-10-20-30-28-18-8-14-26-15-9-19-29(38(26)28)31-21-11-25-37(45)40(31)39(30)36/h1-25H. The smallest absolute Gasteiger partial charge is 0.162 e. The van der Waals surface area contributed by atoms with Crippen LogP contribution in [0.1, 0.15) is 0 Å². The number of fused-ring (bicyclic) bond motifs is 3. The van der Waals surface area contributed by atoms with Crippen molar-refractivity contribution in [3.63, 3.8) is 0 Å².